The van der Waals surface area contributed by atoms with Gasteiger partial charge in [0.2, 0.25) is 11.8 Å². The minimum absolute atomic E-state index is 0.0122. The largest absolute Gasteiger partial charge is 0.497 e. The van der Waals surface area contributed by atoms with Gasteiger partial charge in [0, 0.05) is 18.9 Å². The van der Waals surface area contributed by atoms with Crippen LogP contribution >= 0.6 is 0 Å². The van der Waals surface area contributed by atoms with Crippen molar-refractivity contribution in [3.05, 3.63) is 29.8 Å². The van der Waals surface area contributed by atoms with Crippen LogP contribution in [-0.4, -0.2) is 42.2 Å². The second kappa shape index (κ2) is 8.34. The topological polar surface area (TPSA) is 71.0 Å². The van der Waals surface area contributed by atoms with Crippen molar-refractivity contribution in [1.82, 2.24) is 10.3 Å². The Labute approximate surface area is 154 Å². The quantitative estimate of drug-likeness (QED) is 0.881. The maximum Gasteiger partial charge on any atom is 0.243 e. The number of rotatable bonds is 5. The molecule has 1 fully saturated rings. The summed E-state index contributed by atoms with van der Waals surface area (Å²) in [5, 5.41) is 8.84. The SMILES string of the molecule is COc1ccc(C2=NN(CC(=O)N[C@H]3CCCC[C@H]3C)C(=O)CC2)cc1. The van der Waals surface area contributed by atoms with Crippen LogP contribution < -0.4 is 10.1 Å². The van der Waals surface area contributed by atoms with Crippen molar-refractivity contribution in [2.75, 3.05) is 13.7 Å². The second-order valence-electron chi connectivity index (χ2n) is 7.16. The van der Waals surface area contributed by atoms with Gasteiger partial charge in [-0.2, -0.15) is 5.10 Å². The summed E-state index contributed by atoms with van der Waals surface area (Å²) < 4.78 is 5.17. The zero-order valence-corrected chi connectivity index (χ0v) is 15.5. The van der Waals surface area contributed by atoms with Gasteiger partial charge in [-0.25, -0.2) is 5.01 Å². The minimum Gasteiger partial charge on any atom is -0.497 e. The van der Waals surface area contributed by atoms with Gasteiger partial charge in [0.15, 0.2) is 0 Å². The van der Waals surface area contributed by atoms with E-state index in [2.05, 4.69) is 17.3 Å². The molecule has 0 aromatic heterocycles. The first kappa shape index (κ1) is 18.4. The third-order valence-electron chi connectivity index (χ3n) is 5.28. The van der Waals surface area contributed by atoms with Crippen LogP contribution in [0.4, 0.5) is 0 Å². The summed E-state index contributed by atoms with van der Waals surface area (Å²) in [5.41, 5.74) is 1.77. The van der Waals surface area contributed by atoms with Crippen LogP contribution in [-0.2, 0) is 9.59 Å². The van der Waals surface area contributed by atoms with Crippen LogP contribution in [0.25, 0.3) is 0 Å². The summed E-state index contributed by atoms with van der Waals surface area (Å²) in [6.45, 7) is 2.16. The third-order valence-corrected chi connectivity index (χ3v) is 5.28. The maximum absolute atomic E-state index is 12.4. The van der Waals surface area contributed by atoms with Gasteiger partial charge < -0.3 is 10.1 Å². The van der Waals surface area contributed by atoms with Gasteiger partial charge in [0.25, 0.3) is 0 Å². The van der Waals surface area contributed by atoms with E-state index in [0.717, 1.165) is 36.3 Å². The van der Waals surface area contributed by atoms with Crippen molar-refractivity contribution in [2.45, 2.75) is 51.5 Å². The zero-order valence-electron chi connectivity index (χ0n) is 15.5. The summed E-state index contributed by atoms with van der Waals surface area (Å²) in [6, 6.07) is 7.80. The first-order valence-corrected chi connectivity index (χ1v) is 9.38. The fourth-order valence-electron chi connectivity index (χ4n) is 3.63. The Bertz CT molecular complexity index is 684. The highest BCUT2D eigenvalue weighted by Gasteiger charge is 2.26. The van der Waals surface area contributed by atoms with E-state index in [1.807, 2.05) is 24.3 Å². The predicted molar refractivity (Wildman–Crippen MR) is 100 cm³/mol. The number of ether oxygens (including phenoxy) is 1. The molecule has 1 aliphatic carbocycles. The third kappa shape index (κ3) is 4.42. The number of benzene rings is 1. The van der Waals surface area contributed by atoms with Crippen molar-refractivity contribution >= 4 is 17.5 Å². The zero-order chi connectivity index (χ0) is 18.5. The smallest absolute Gasteiger partial charge is 0.243 e. The van der Waals surface area contributed by atoms with Crippen molar-refractivity contribution in [2.24, 2.45) is 11.0 Å². The number of carbonyl (C=O) groups is 2. The fraction of sp³-hybridized carbons (Fsp3) is 0.550. The average Bonchev–Trinajstić information content (AvgIpc) is 2.65. The number of carbonyl (C=O) groups excluding carboxylic acids is 2. The molecule has 2 amide bonds. The van der Waals surface area contributed by atoms with E-state index in [9.17, 15) is 9.59 Å². The summed E-state index contributed by atoms with van der Waals surface area (Å²) in [4.78, 5) is 24.6. The lowest BCUT2D eigenvalue weighted by Gasteiger charge is -2.30. The van der Waals surface area contributed by atoms with E-state index >= 15 is 0 Å². The van der Waals surface area contributed by atoms with Crippen molar-refractivity contribution < 1.29 is 14.3 Å². The van der Waals surface area contributed by atoms with Gasteiger partial charge in [-0.05, 0) is 48.6 Å². The molecule has 1 N–H and O–H groups in total. The van der Waals surface area contributed by atoms with Crippen molar-refractivity contribution in [1.29, 1.82) is 0 Å². The summed E-state index contributed by atoms with van der Waals surface area (Å²) in [5.74, 6) is 1.04. The molecule has 0 unspecified atom stereocenters. The van der Waals surface area contributed by atoms with Gasteiger partial charge in [-0.1, -0.05) is 19.8 Å². The Kier molecular flexibility index (Phi) is 5.91. The van der Waals surface area contributed by atoms with Crippen LogP contribution in [0.15, 0.2) is 29.4 Å². The summed E-state index contributed by atoms with van der Waals surface area (Å²) >= 11 is 0. The lowest BCUT2D eigenvalue weighted by molar-refractivity contribution is -0.136. The molecule has 0 radical (unpaired) electrons. The molecule has 2 atom stereocenters. The monoisotopic (exact) mass is 357 g/mol. The molecule has 26 heavy (non-hydrogen) atoms. The highest BCUT2D eigenvalue weighted by atomic mass is 16.5. The molecule has 1 saturated carbocycles. The lowest BCUT2D eigenvalue weighted by atomic mass is 9.86. The number of hydrogen-bond donors (Lipinski definition) is 1. The van der Waals surface area contributed by atoms with Crippen LogP contribution in [0.2, 0.25) is 0 Å². The molecule has 6 nitrogen and oxygen atoms in total. The van der Waals surface area contributed by atoms with E-state index in [0.29, 0.717) is 18.8 Å². The van der Waals surface area contributed by atoms with Crippen molar-refractivity contribution in [3.8, 4) is 5.75 Å². The minimum atomic E-state index is -0.128. The number of nitrogens with zero attached hydrogens (tertiary/aromatic N) is 2. The Balaban J connectivity index is 1.65. The fourth-order valence-corrected chi connectivity index (χ4v) is 3.63. The van der Waals surface area contributed by atoms with E-state index in [4.69, 9.17) is 4.74 Å². The molecule has 1 heterocycles. The molecule has 6 heteroatoms. The summed E-state index contributed by atoms with van der Waals surface area (Å²) in [6.07, 6.45) is 5.50. The van der Waals surface area contributed by atoms with Gasteiger partial charge in [0.05, 0.1) is 12.8 Å². The van der Waals surface area contributed by atoms with E-state index in [1.54, 1.807) is 7.11 Å². The molecule has 0 spiro atoms. The van der Waals surface area contributed by atoms with E-state index in [-0.39, 0.29) is 24.4 Å². The highest BCUT2D eigenvalue weighted by molar-refractivity contribution is 6.04. The Morgan fingerprint density at radius 1 is 1.23 bits per heavy atom. The van der Waals surface area contributed by atoms with E-state index in [1.165, 1.54) is 11.4 Å². The number of methoxy groups -OCH3 is 1. The van der Waals surface area contributed by atoms with Gasteiger partial charge in [0.1, 0.15) is 12.3 Å². The van der Waals surface area contributed by atoms with Crippen molar-refractivity contribution in [3.63, 3.8) is 0 Å². The summed E-state index contributed by atoms with van der Waals surface area (Å²) in [7, 11) is 1.62. The predicted octanol–water partition coefficient (Wildman–Crippen LogP) is 2.72. The van der Waals surface area contributed by atoms with Crippen LogP contribution in [0, 0.1) is 5.92 Å². The molecular formula is C20H27N3O3. The van der Waals surface area contributed by atoms with Gasteiger partial charge >= 0.3 is 0 Å². The lowest BCUT2D eigenvalue weighted by Crippen LogP contribution is -2.46. The molecule has 3 rings (SSSR count). The average molecular weight is 357 g/mol. The number of hydrazone groups is 1. The van der Waals surface area contributed by atoms with E-state index < -0.39 is 0 Å². The van der Waals surface area contributed by atoms with Crippen LogP contribution in [0.1, 0.15) is 51.0 Å². The Morgan fingerprint density at radius 2 is 1.96 bits per heavy atom. The molecule has 140 valence electrons. The Hall–Kier alpha value is -2.37. The molecule has 0 bridgehead atoms. The van der Waals surface area contributed by atoms with Crippen LogP contribution in [0.3, 0.4) is 0 Å². The number of amides is 2. The molecular weight excluding hydrogens is 330 g/mol. The molecule has 0 saturated heterocycles. The molecule has 1 aromatic carbocycles. The second-order valence-corrected chi connectivity index (χ2v) is 7.16. The molecule has 1 aromatic rings. The van der Waals surface area contributed by atoms with Gasteiger partial charge in [-0.15, -0.1) is 0 Å². The number of hydrogen-bond acceptors (Lipinski definition) is 4. The van der Waals surface area contributed by atoms with Crippen LogP contribution in [0.5, 0.6) is 5.75 Å². The first-order valence-electron chi connectivity index (χ1n) is 9.38. The standard InChI is InChI=1S/C20H27N3O3/c1-14-5-3-4-6-17(14)21-19(24)13-23-20(25)12-11-18(22-23)15-7-9-16(26-2)10-8-15/h7-10,14,17H,3-6,11-13H2,1-2H3,(H,21,24)/t14-,17+/m1/s1. The molecule has 2 aliphatic rings. The Morgan fingerprint density at radius 3 is 2.65 bits per heavy atom. The highest BCUT2D eigenvalue weighted by Crippen LogP contribution is 2.24. The normalized spacial score (nSPS) is 23.4. The first-order chi connectivity index (χ1) is 12.6. The van der Waals surface area contributed by atoms with Gasteiger partial charge in [-0.3, -0.25) is 9.59 Å². The molecule has 1 aliphatic heterocycles. The maximum atomic E-state index is 12.4. The number of nitrogens with one attached hydrogen (secondary N) is 1.